The molecule has 0 amide bonds. The molecule has 1 unspecified atom stereocenters. The Hall–Kier alpha value is -1.35. The van der Waals surface area contributed by atoms with E-state index in [0.29, 0.717) is 6.04 Å². The van der Waals surface area contributed by atoms with Crippen LogP contribution in [0.25, 0.3) is 11.0 Å². The normalized spacial score (nSPS) is 17.9. The number of rotatable bonds is 5. The number of hydrogen-bond donors (Lipinski definition) is 1. The first-order valence-corrected chi connectivity index (χ1v) is 7.98. The largest absolute Gasteiger partial charge is 0.324 e. The van der Waals surface area contributed by atoms with Gasteiger partial charge in [0.05, 0.1) is 11.0 Å². The Morgan fingerprint density at radius 1 is 1.30 bits per heavy atom. The van der Waals surface area contributed by atoms with Gasteiger partial charge in [-0.05, 0) is 31.9 Å². The van der Waals surface area contributed by atoms with Crippen molar-refractivity contribution in [2.45, 2.75) is 58.0 Å². The summed E-state index contributed by atoms with van der Waals surface area (Å²) < 4.78 is 2.41. The molecule has 1 saturated carbocycles. The lowest BCUT2D eigenvalue weighted by Crippen LogP contribution is -2.31. The molecule has 0 bridgehead atoms. The number of imidazole rings is 1. The maximum Gasteiger partial charge on any atom is 0.109 e. The van der Waals surface area contributed by atoms with Crippen LogP contribution < -0.4 is 5.32 Å². The minimum Gasteiger partial charge on any atom is -0.324 e. The minimum absolute atomic E-state index is 0.456. The first-order chi connectivity index (χ1) is 9.79. The Labute approximate surface area is 121 Å². The van der Waals surface area contributed by atoms with Gasteiger partial charge in [0.1, 0.15) is 5.82 Å². The SMILES string of the molecule is CCc1nc2ccccc2n1C(C)CNC1CCCC1. The zero-order valence-electron chi connectivity index (χ0n) is 12.6. The van der Waals surface area contributed by atoms with Crippen LogP contribution in [-0.2, 0) is 6.42 Å². The van der Waals surface area contributed by atoms with Gasteiger partial charge in [0, 0.05) is 25.0 Å². The van der Waals surface area contributed by atoms with E-state index in [2.05, 4.69) is 48.0 Å². The summed E-state index contributed by atoms with van der Waals surface area (Å²) in [4.78, 5) is 4.77. The van der Waals surface area contributed by atoms with Crippen molar-refractivity contribution in [1.29, 1.82) is 0 Å². The van der Waals surface area contributed by atoms with Crippen molar-refractivity contribution >= 4 is 11.0 Å². The number of nitrogens with zero attached hydrogens (tertiary/aromatic N) is 2. The molecule has 1 heterocycles. The highest BCUT2D eigenvalue weighted by Crippen LogP contribution is 2.22. The van der Waals surface area contributed by atoms with E-state index in [-0.39, 0.29) is 0 Å². The van der Waals surface area contributed by atoms with Crippen molar-refractivity contribution in [2.75, 3.05) is 6.54 Å². The molecular formula is C17H25N3. The first-order valence-electron chi connectivity index (χ1n) is 7.98. The van der Waals surface area contributed by atoms with Crippen LogP contribution in [0.4, 0.5) is 0 Å². The van der Waals surface area contributed by atoms with Crippen molar-refractivity contribution in [3.8, 4) is 0 Å². The van der Waals surface area contributed by atoms with E-state index in [1.807, 2.05) is 0 Å². The molecule has 3 nitrogen and oxygen atoms in total. The quantitative estimate of drug-likeness (QED) is 0.898. The van der Waals surface area contributed by atoms with Crippen LogP contribution in [0.2, 0.25) is 0 Å². The lowest BCUT2D eigenvalue weighted by molar-refractivity contribution is 0.438. The van der Waals surface area contributed by atoms with Crippen LogP contribution in [0, 0.1) is 0 Å². The molecule has 1 aliphatic carbocycles. The van der Waals surface area contributed by atoms with Gasteiger partial charge >= 0.3 is 0 Å². The average molecular weight is 271 g/mol. The standard InChI is InChI=1S/C17H25N3/c1-3-17-19-15-10-6-7-11-16(15)20(17)13(2)12-18-14-8-4-5-9-14/h6-7,10-11,13-14,18H,3-5,8-9,12H2,1-2H3. The predicted molar refractivity (Wildman–Crippen MR) is 84.1 cm³/mol. The van der Waals surface area contributed by atoms with Crippen LogP contribution in [-0.4, -0.2) is 22.1 Å². The monoisotopic (exact) mass is 271 g/mol. The van der Waals surface area contributed by atoms with Crippen molar-refractivity contribution in [3.63, 3.8) is 0 Å². The molecule has 1 fully saturated rings. The van der Waals surface area contributed by atoms with Gasteiger partial charge in [0.15, 0.2) is 0 Å². The van der Waals surface area contributed by atoms with E-state index < -0.39 is 0 Å². The highest BCUT2D eigenvalue weighted by Gasteiger charge is 2.18. The average Bonchev–Trinajstić information content (AvgIpc) is 3.11. The predicted octanol–water partition coefficient (Wildman–Crippen LogP) is 3.69. The molecule has 0 spiro atoms. The number of para-hydroxylation sites is 2. The minimum atomic E-state index is 0.456. The number of aryl methyl sites for hydroxylation is 1. The summed E-state index contributed by atoms with van der Waals surface area (Å²) in [6, 6.07) is 9.67. The summed E-state index contributed by atoms with van der Waals surface area (Å²) >= 11 is 0. The van der Waals surface area contributed by atoms with Gasteiger partial charge in [0.2, 0.25) is 0 Å². The summed E-state index contributed by atoms with van der Waals surface area (Å²) in [5.41, 5.74) is 2.39. The Balaban J connectivity index is 1.80. The number of benzene rings is 1. The smallest absolute Gasteiger partial charge is 0.109 e. The molecule has 0 saturated heterocycles. The fourth-order valence-corrected chi connectivity index (χ4v) is 3.39. The highest BCUT2D eigenvalue weighted by molar-refractivity contribution is 5.76. The molecule has 20 heavy (non-hydrogen) atoms. The van der Waals surface area contributed by atoms with E-state index in [0.717, 1.165) is 24.5 Å². The fourth-order valence-electron chi connectivity index (χ4n) is 3.39. The molecule has 1 aliphatic rings. The van der Waals surface area contributed by atoms with Crippen molar-refractivity contribution in [3.05, 3.63) is 30.1 Å². The molecule has 1 N–H and O–H groups in total. The van der Waals surface area contributed by atoms with Crippen LogP contribution >= 0.6 is 0 Å². The third-order valence-corrected chi connectivity index (χ3v) is 4.48. The Morgan fingerprint density at radius 3 is 2.80 bits per heavy atom. The summed E-state index contributed by atoms with van der Waals surface area (Å²) in [6.07, 6.45) is 6.46. The van der Waals surface area contributed by atoms with E-state index >= 15 is 0 Å². The van der Waals surface area contributed by atoms with Crippen LogP contribution in [0.1, 0.15) is 51.4 Å². The van der Waals surface area contributed by atoms with Crippen molar-refractivity contribution in [2.24, 2.45) is 0 Å². The number of nitrogens with one attached hydrogen (secondary N) is 1. The topological polar surface area (TPSA) is 29.9 Å². The fraction of sp³-hybridized carbons (Fsp3) is 0.588. The van der Waals surface area contributed by atoms with Gasteiger partial charge in [-0.2, -0.15) is 0 Å². The highest BCUT2D eigenvalue weighted by atomic mass is 15.1. The molecule has 0 aliphatic heterocycles. The maximum absolute atomic E-state index is 4.77. The van der Waals surface area contributed by atoms with Crippen LogP contribution in [0.5, 0.6) is 0 Å². The third-order valence-electron chi connectivity index (χ3n) is 4.48. The first kappa shape index (κ1) is 13.6. The van der Waals surface area contributed by atoms with Gasteiger partial charge in [0.25, 0.3) is 0 Å². The van der Waals surface area contributed by atoms with E-state index in [9.17, 15) is 0 Å². The molecule has 3 heteroatoms. The Kier molecular flexibility index (Phi) is 4.06. The summed E-state index contributed by atoms with van der Waals surface area (Å²) in [6.45, 7) is 5.53. The van der Waals surface area contributed by atoms with Gasteiger partial charge in [-0.25, -0.2) is 4.98 Å². The van der Waals surface area contributed by atoms with Gasteiger partial charge in [-0.3, -0.25) is 0 Å². The van der Waals surface area contributed by atoms with Crippen molar-refractivity contribution < 1.29 is 0 Å². The number of fused-ring (bicyclic) bond motifs is 1. The molecule has 3 rings (SSSR count). The van der Waals surface area contributed by atoms with Gasteiger partial charge in [-0.1, -0.05) is 31.9 Å². The van der Waals surface area contributed by atoms with Gasteiger partial charge < -0.3 is 9.88 Å². The van der Waals surface area contributed by atoms with Gasteiger partial charge in [-0.15, -0.1) is 0 Å². The molecule has 0 radical (unpaired) electrons. The summed E-state index contributed by atoms with van der Waals surface area (Å²) in [7, 11) is 0. The lowest BCUT2D eigenvalue weighted by Gasteiger charge is -2.20. The second kappa shape index (κ2) is 5.96. The molecule has 1 atom stereocenters. The van der Waals surface area contributed by atoms with Crippen LogP contribution in [0.3, 0.4) is 0 Å². The maximum atomic E-state index is 4.77. The zero-order valence-corrected chi connectivity index (χ0v) is 12.6. The second-order valence-electron chi connectivity index (χ2n) is 5.98. The van der Waals surface area contributed by atoms with E-state index in [1.165, 1.54) is 37.0 Å². The van der Waals surface area contributed by atoms with E-state index in [1.54, 1.807) is 0 Å². The molecular weight excluding hydrogens is 246 g/mol. The van der Waals surface area contributed by atoms with E-state index in [4.69, 9.17) is 4.98 Å². The Bertz CT molecular complexity index is 567. The molecule has 108 valence electrons. The summed E-state index contributed by atoms with van der Waals surface area (Å²) in [5, 5.41) is 3.74. The molecule has 1 aromatic carbocycles. The zero-order chi connectivity index (χ0) is 13.9. The molecule has 2 aromatic rings. The lowest BCUT2D eigenvalue weighted by atomic mass is 10.2. The molecule has 1 aromatic heterocycles. The summed E-state index contributed by atoms with van der Waals surface area (Å²) in [5.74, 6) is 1.20. The van der Waals surface area contributed by atoms with Crippen LogP contribution in [0.15, 0.2) is 24.3 Å². The van der Waals surface area contributed by atoms with Crippen molar-refractivity contribution in [1.82, 2.24) is 14.9 Å². The second-order valence-corrected chi connectivity index (χ2v) is 5.98. The number of hydrogen-bond acceptors (Lipinski definition) is 2. The Morgan fingerprint density at radius 2 is 2.05 bits per heavy atom. The third kappa shape index (κ3) is 2.59. The number of aromatic nitrogens is 2.